The third-order valence-electron chi connectivity index (χ3n) is 7.57. The van der Waals surface area contributed by atoms with E-state index in [1.54, 1.807) is 19.5 Å². The van der Waals surface area contributed by atoms with Gasteiger partial charge < -0.3 is 34.1 Å². The van der Waals surface area contributed by atoms with Crippen LogP contribution >= 0.6 is 0 Å². The molecule has 37 heavy (non-hydrogen) atoms. The van der Waals surface area contributed by atoms with Crippen molar-refractivity contribution < 1.29 is 14.2 Å². The fraction of sp³-hybridized carbons (Fsp3) is 0.370. The molecule has 0 radical (unpaired) electrons. The topological polar surface area (TPSA) is 98.1 Å². The van der Waals surface area contributed by atoms with E-state index >= 15 is 0 Å². The van der Waals surface area contributed by atoms with Gasteiger partial charge in [0.15, 0.2) is 11.5 Å². The number of rotatable bonds is 5. The summed E-state index contributed by atoms with van der Waals surface area (Å²) in [4.78, 5) is 16.3. The lowest BCUT2D eigenvalue weighted by Gasteiger charge is -2.53. The van der Waals surface area contributed by atoms with E-state index in [1.165, 1.54) is 0 Å². The number of hydrogen-bond donors (Lipinski definition) is 2. The van der Waals surface area contributed by atoms with Crippen LogP contribution in [0.15, 0.2) is 49.1 Å². The van der Waals surface area contributed by atoms with Crippen LogP contribution in [0.2, 0.25) is 0 Å². The predicted octanol–water partition coefficient (Wildman–Crippen LogP) is 3.96. The molecule has 0 amide bonds. The number of fused-ring (bicyclic) bond motifs is 2. The van der Waals surface area contributed by atoms with E-state index in [2.05, 4.69) is 37.6 Å². The molecule has 10 nitrogen and oxygen atoms in total. The molecule has 0 bridgehead atoms. The Hall–Kier alpha value is -4.05. The number of benzene rings is 1. The summed E-state index contributed by atoms with van der Waals surface area (Å²) in [5, 5.41) is 6.81. The first-order valence-electron chi connectivity index (χ1n) is 12.7. The molecule has 10 heteroatoms. The van der Waals surface area contributed by atoms with Crippen molar-refractivity contribution in [2.75, 3.05) is 62.1 Å². The average Bonchev–Trinajstić information content (AvgIpc) is 3.41. The highest BCUT2D eigenvalue weighted by atomic mass is 16.5. The molecule has 3 aromatic heterocycles. The van der Waals surface area contributed by atoms with Crippen LogP contribution in [0.5, 0.6) is 11.6 Å². The summed E-state index contributed by atoms with van der Waals surface area (Å²) in [6.45, 7) is 5.20. The molecule has 0 atom stereocenters. The van der Waals surface area contributed by atoms with Crippen molar-refractivity contribution in [3.8, 4) is 22.9 Å². The van der Waals surface area contributed by atoms with Gasteiger partial charge in [-0.05, 0) is 31.0 Å². The number of pyridine rings is 1. The molecular weight excluding hydrogens is 470 g/mol. The minimum absolute atomic E-state index is 0.393. The van der Waals surface area contributed by atoms with E-state index in [9.17, 15) is 0 Å². The third-order valence-corrected chi connectivity index (χ3v) is 7.57. The van der Waals surface area contributed by atoms with Gasteiger partial charge in [-0.3, -0.25) is 0 Å². The Labute approximate surface area is 214 Å². The van der Waals surface area contributed by atoms with Gasteiger partial charge in [-0.2, -0.15) is 0 Å². The summed E-state index contributed by atoms with van der Waals surface area (Å²) < 4.78 is 19.0. The van der Waals surface area contributed by atoms with E-state index in [0.29, 0.717) is 23.7 Å². The van der Waals surface area contributed by atoms with Crippen LogP contribution in [0.3, 0.4) is 0 Å². The van der Waals surface area contributed by atoms with Gasteiger partial charge in [0.05, 0.1) is 24.2 Å². The van der Waals surface area contributed by atoms with Crippen LogP contribution < -0.4 is 25.0 Å². The second kappa shape index (κ2) is 8.81. The van der Waals surface area contributed by atoms with Crippen LogP contribution in [0.4, 0.5) is 22.9 Å². The molecule has 1 aromatic carbocycles. The van der Waals surface area contributed by atoms with Crippen molar-refractivity contribution in [1.29, 1.82) is 0 Å². The Balaban J connectivity index is 1.17. The highest BCUT2D eigenvalue weighted by Crippen LogP contribution is 2.45. The van der Waals surface area contributed by atoms with Crippen LogP contribution in [0.25, 0.3) is 16.9 Å². The maximum Gasteiger partial charge on any atom is 0.237 e. The standard InChI is InChI=1S/C27H29N7O3/c1-35-23-13-19(2-3-22(23)34-16-27(17-34)4-9-36-10-5-27)31-24-25-29-6-8-33(25)15-21(32-24)18-12-20-26(30-14-18)37-11-7-28-20/h2-3,6,8,12-15,28H,4-5,7,9-11,16-17H2,1H3,(H,31,32). The summed E-state index contributed by atoms with van der Waals surface area (Å²) in [6, 6.07) is 8.24. The number of methoxy groups -OCH3 is 1. The summed E-state index contributed by atoms with van der Waals surface area (Å²) in [7, 11) is 1.72. The first-order valence-corrected chi connectivity index (χ1v) is 12.7. The van der Waals surface area contributed by atoms with Crippen molar-refractivity contribution in [3.63, 3.8) is 0 Å². The number of anilines is 4. The largest absolute Gasteiger partial charge is 0.495 e. The molecule has 7 rings (SSSR count). The van der Waals surface area contributed by atoms with Crippen molar-refractivity contribution in [2.45, 2.75) is 12.8 Å². The SMILES string of the molecule is COc1cc(Nc2nc(-c3cnc4c(c3)NCCO4)cn3ccnc23)ccc1N1CC2(CCOCC2)C1. The fourth-order valence-corrected chi connectivity index (χ4v) is 5.53. The normalized spacial score (nSPS) is 18.0. The number of hydrogen-bond acceptors (Lipinski definition) is 9. The Kier molecular flexibility index (Phi) is 5.28. The molecule has 0 saturated carbocycles. The molecule has 1 spiro atoms. The van der Waals surface area contributed by atoms with Crippen molar-refractivity contribution in [1.82, 2.24) is 19.4 Å². The van der Waals surface area contributed by atoms with Crippen LogP contribution in [-0.2, 0) is 4.74 Å². The molecule has 4 aromatic rings. The average molecular weight is 500 g/mol. The Morgan fingerprint density at radius 1 is 1.11 bits per heavy atom. The lowest BCUT2D eigenvalue weighted by Crippen LogP contribution is -2.58. The maximum absolute atomic E-state index is 5.80. The Morgan fingerprint density at radius 3 is 2.86 bits per heavy atom. The Morgan fingerprint density at radius 2 is 2.00 bits per heavy atom. The molecule has 2 fully saturated rings. The predicted molar refractivity (Wildman–Crippen MR) is 141 cm³/mol. The minimum Gasteiger partial charge on any atom is -0.495 e. The van der Waals surface area contributed by atoms with Crippen molar-refractivity contribution >= 4 is 28.5 Å². The van der Waals surface area contributed by atoms with Gasteiger partial charge in [-0.25, -0.2) is 15.0 Å². The van der Waals surface area contributed by atoms with Crippen LogP contribution in [0, 0.1) is 5.41 Å². The zero-order valence-electron chi connectivity index (χ0n) is 20.7. The zero-order valence-corrected chi connectivity index (χ0v) is 20.7. The molecule has 2 N–H and O–H groups in total. The van der Waals surface area contributed by atoms with Gasteiger partial charge in [0.1, 0.15) is 12.4 Å². The van der Waals surface area contributed by atoms with Gasteiger partial charge in [0, 0.05) is 80.4 Å². The number of aromatic nitrogens is 4. The minimum atomic E-state index is 0.393. The van der Waals surface area contributed by atoms with Gasteiger partial charge in [0.25, 0.3) is 0 Å². The van der Waals surface area contributed by atoms with Crippen molar-refractivity contribution in [2.24, 2.45) is 5.41 Å². The smallest absolute Gasteiger partial charge is 0.237 e. The van der Waals surface area contributed by atoms with Crippen LogP contribution in [0.1, 0.15) is 12.8 Å². The Bertz CT molecular complexity index is 1460. The summed E-state index contributed by atoms with van der Waals surface area (Å²) >= 11 is 0. The number of imidazole rings is 1. The van der Waals surface area contributed by atoms with Gasteiger partial charge in [0.2, 0.25) is 5.88 Å². The lowest BCUT2D eigenvalue weighted by molar-refractivity contribution is -0.000311. The molecule has 2 saturated heterocycles. The highest BCUT2D eigenvalue weighted by molar-refractivity contribution is 5.77. The lowest BCUT2D eigenvalue weighted by atomic mass is 9.73. The molecule has 0 unspecified atom stereocenters. The van der Waals surface area contributed by atoms with Gasteiger partial charge in [-0.15, -0.1) is 0 Å². The highest BCUT2D eigenvalue weighted by Gasteiger charge is 2.44. The summed E-state index contributed by atoms with van der Waals surface area (Å²) in [6.07, 6.45) is 9.70. The molecule has 0 aliphatic carbocycles. The van der Waals surface area contributed by atoms with E-state index in [4.69, 9.17) is 19.2 Å². The van der Waals surface area contributed by atoms with Crippen molar-refractivity contribution in [3.05, 3.63) is 49.1 Å². The quantitative estimate of drug-likeness (QED) is 0.423. The monoisotopic (exact) mass is 499 g/mol. The summed E-state index contributed by atoms with van der Waals surface area (Å²) in [5.41, 5.74) is 5.68. The molecular formula is C27H29N7O3. The van der Waals surface area contributed by atoms with E-state index in [1.807, 2.05) is 28.9 Å². The van der Waals surface area contributed by atoms with E-state index in [0.717, 1.165) is 85.4 Å². The molecule has 3 aliphatic heterocycles. The number of nitrogens with one attached hydrogen (secondary N) is 2. The fourth-order valence-electron chi connectivity index (χ4n) is 5.53. The molecule has 6 heterocycles. The van der Waals surface area contributed by atoms with E-state index in [-0.39, 0.29) is 0 Å². The van der Waals surface area contributed by atoms with Gasteiger partial charge >= 0.3 is 0 Å². The second-order valence-corrected chi connectivity index (χ2v) is 9.96. The molecule has 3 aliphatic rings. The number of ether oxygens (including phenoxy) is 3. The first kappa shape index (κ1) is 22.2. The summed E-state index contributed by atoms with van der Waals surface area (Å²) in [5.74, 6) is 2.12. The molecule has 190 valence electrons. The second-order valence-electron chi connectivity index (χ2n) is 9.96. The maximum atomic E-state index is 5.80. The third kappa shape index (κ3) is 3.97. The van der Waals surface area contributed by atoms with E-state index < -0.39 is 0 Å². The zero-order chi connectivity index (χ0) is 24.8. The first-order chi connectivity index (χ1) is 18.2. The number of nitrogens with zero attached hydrogens (tertiary/aromatic N) is 5. The van der Waals surface area contributed by atoms with Crippen LogP contribution in [-0.4, -0.2) is 65.9 Å². The van der Waals surface area contributed by atoms with Gasteiger partial charge in [-0.1, -0.05) is 0 Å².